The van der Waals surface area contributed by atoms with Gasteiger partial charge in [0, 0.05) is 37.4 Å². The molecule has 0 atom stereocenters. The largest absolute Gasteiger partial charge is 0.486 e. The highest BCUT2D eigenvalue weighted by molar-refractivity contribution is 5.75. The van der Waals surface area contributed by atoms with E-state index in [2.05, 4.69) is 35.2 Å². The molecule has 0 amide bonds. The third-order valence-electron chi connectivity index (χ3n) is 5.48. The summed E-state index contributed by atoms with van der Waals surface area (Å²) in [7, 11) is 0. The van der Waals surface area contributed by atoms with Crippen molar-refractivity contribution in [2.24, 2.45) is 0 Å². The first-order chi connectivity index (χ1) is 14.0. The van der Waals surface area contributed by atoms with E-state index in [1.807, 2.05) is 39.0 Å². The van der Waals surface area contributed by atoms with Crippen molar-refractivity contribution in [2.45, 2.75) is 52.1 Å². The molecule has 0 unspecified atom stereocenters. The first-order valence-electron chi connectivity index (χ1n) is 10.7. The van der Waals surface area contributed by atoms with Crippen molar-refractivity contribution >= 4 is 5.69 Å². The number of benzene rings is 2. The van der Waals surface area contributed by atoms with Gasteiger partial charge in [0.2, 0.25) is 0 Å². The van der Waals surface area contributed by atoms with E-state index in [1.54, 1.807) is 0 Å². The maximum Gasteiger partial charge on any atom is 0.138 e. The predicted molar refractivity (Wildman–Crippen MR) is 118 cm³/mol. The highest BCUT2D eigenvalue weighted by atomic mass is 16.5. The van der Waals surface area contributed by atoms with Crippen LogP contribution in [0.3, 0.4) is 0 Å². The number of ether oxygens (including phenoxy) is 2. The molecule has 3 rings (SSSR count). The van der Waals surface area contributed by atoms with E-state index < -0.39 is 5.60 Å². The van der Waals surface area contributed by atoms with E-state index >= 15 is 0 Å². The van der Waals surface area contributed by atoms with Crippen LogP contribution in [0.25, 0.3) is 11.1 Å². The molecule has 0 N–H and O–H groups in total. The Bertz CT molecular complexity index is 831. The third-order valence-corrected chi connectivity index (χ3v) is 5.48. The molecule has 2 aromatic rings. The Morgan fingerprint density at radius 1 is 1.03 bits per heavy atom. The van der Waals surface area contributed by atoms with Gasteiger partial charge in [-0.25, -0.2) is 0 Å². The van der Waals surface area contributed by atoms with Crippen LogP contribution in [0.1, 0.15) is 52.0 Å². The minimum Gasteiger partial charge on any atom is -0.486 e. The molecule has 0 aliphatic carbocycles. The molecule has 0 bridgehead atoms. The lowest BCUT2D eigenvalue weighted by Crippen LogP contribution is -2.30. The number of hydrogen-bond donors (Lipinski definition) is 0. The summed E-state index contributed by atoms with van der Waals surface area (Å²) in [5, 5.41) is 9.87. The fourth-order valence-electron chi connectivity index (χ4n) is 3.79. The molecule has 1 aliphatic rings. The van der Waals surface area contributed by atoms with Crippen LogP contribution in [-0.4, -0.2) is 31.9 Å². The third kappa shape index (κ3) is 5.52. The van der Waals surface area contributed by atoms with Crippen LogP contribution in [0.5, 0.6) is 5.75 Å². The normalized spacial score (nSPS) is 14.5. The molecule has 4 nitrogen and oxygen atoms in total. The van der Waals surface area contributed by atoms with Gasteiger partial charge in [-0.15, -0.1) is 0 Å². The summed E-state index contributed by atoms with van der Waals surface area (Å²) in [6, 6.07) is 16.8. The molecule has 2 aromatic carbocycles. The molecule has 4 heteroatoms. The van der Waals surface area contributed by atoms with Gasteiger partial charge in [0.1, 0.15) is 23.0 Å². The van der Waals surface area contributed by atoms with Gasteiger partial charge in [-0.3, -0.25) is 0 Å². The molecule has 0 spiro atoms. The Kier molecular flexibility index (Phi) is 7.17. The average molecular weight is 393 g/mol. The van der Waals surface area contributed by atoms with Gasteiger partial charge in [-0.05, 0) is 63.8 Å². The zero-order valence-corrected chi connectivity index (χ0v) is 17.9. The fourth-order valence-corrected chi connectivity index (χ4v) is 3.79. The van der Waals surface area contributed by atoms with Crippen LogP contribution in [0.15, 0.2) is 42.5 Å². The lowest BCUT2D eigenvalue weighted by Gasteiger charge is -2.29. The Morgan fingerprint density at radius 3 is 2.41 bits per heavy atom. The molecule has 0 radical (unpaired) electrons. The first-order valence-corrected chi connectivity index (χ1v) is 10.7. The highest BCUT2D eigenvalue weighted by Crippen LogP contribution is 2.34. The van der Waals surface area contributed by atoms with Crippen molar-refractivity contribution in [3.8, 4) is 22.9 Å². The number of hydrogen-bond acceptors (Lipinski definition) is 4. The van der Waals surface area contributed by atoms with Crippen LogP contribution < -0.4 is 9.64 Å². The molecule has 1 aliphatic heterocycles. The van der Waals surface area contributed by atoms with Crippen molar-refractivity contribution < 1.29 is 9.47 Å². The summed E-state index contributed by atoms with van der Waals surface area (Å²) in [5.41, 5.74) is 3.40. The van der Waals surface area contributed by atoms with Crippen LogP contribution >= 0.6 is 0 Å². The van der Waals surface area contributed by atoms with Gasteiger partial charge >= 0.3 is 0 Å². The molecule has 29 heavy (non-hydrogen) atoms. The molecular weight excluding hydrogens is 360 g/mol. The van der Waals surface area contributed by atoms with E-state index in [9.17, 15) is 5.26 Å². The Labute approximate surface area is 175 Å². The summed E-state index contributed by atoms with van der Waals surface area (Å²) in [6.45, 7) is 9.65. The van der Waals surface area contributed by atoms with Crippen LogP contribution in [0.2, 0.25) is 0 Å². The van der Waals surface area contributed by atoms with Crippen LogP contribution in [0.4, 0.5) is 5.69 Å². The monoisotopic (exact) mass is 392 g/mol. The number of nitrogens with zero attached hydrogens (tertiary/aromatic N) is 2. The first kappa shape index (κ1) is 21.2. The van der Waals surface area contributed by atoms with Crippen LogP contribution in [0, 0.1) is 11.3 Å². The molecule has 1 fully saturated rings. The Morgan fingerprint density at radius 2 is 1.76 bits per heavy atom. The number of piperidine rings is 1. The maximum atomic E-state index is 9.87. The summed E-state index contributed by atoms with van der Waals surface area (Å²) in [6.07, 6.45) is 4.62. The van der Waals surface area contributed by atoms with Crippen molar-refractivity contribution in [3.63, 3.8) is 0 Å². The smallest absolute Gasteiger partial charge is 0.138 e. The predicted octanol–water partition coefficient (Wildman–Crippen LogP) is 5.80. The van der Waals surface area contributed by atoms with Gasteiger partial charge in [0.15, 0.2) is 0 Å². The van der Waals surface area contributed by atoms with Gasteiger partial charge in [-0.1, -0.05) is 24.3 Å². The quantitative estimate of drug-likeness (QED) is 0.533. The topological polar surface area (TPSA) is 45.5 Å². The van der Waals surface area contributed by atoms with E-state index in [-0.39, 0.29) is 0 Å². The number of nitriles is 1. The van der Waals surface area contributed by atoms with E-state index in [1.165, 1.54) is 24.9 Å². The van der Waals surface area contributed by atoms with Gasteiger partial charge in [0.05, 0.1) is 6.61 Å². The Hall–Kier alpha value is -2.51. The zero-order valence-electron chi connectivity index (χ0n) is 17.9. The molecule has 1 heterocycles. The van der Waals surface area contributed by atoms with E-state index in [4.69, 9.17) is 9.47 Å². The standard InChI is InChI=1S/C25H32N2O2/c1-4-28-18-15-25(2,3)29-24-10-8-9-22(23(24)19-26)20-11-13-21(14-12-20)27-16-6-5-7-17-27/h8-14H,4-7,15-18H2,1-3H3. The molecule has 0 saturated carbocycles. The SMILES string of the molecule is CCOCCC(C)(C)Oc1cccc(-c2ccc(N3CCCCC3)cc2)c1C#N. The van der Waals surface area contributed by atoms with E-state index in [0.717, 1.165) is 30.6 Å². The summed E-state index contributed by atoms with van der Waals surface area (Å²) >= 11 is 0. The van der Waals surface area contributed by atoms with Gasteiger partial charge in [0.25, 0.3) is 0 Å². The van der Waals surface area contributed by atoms with Crippen molar-refractivity contribution in [1.29, 1.82) is 5.26 Å². The minimum absolute atomic E-state index is 0.405. The number of rotatable bonds is 8. The summed E-state index contributed by atoms with van der Waals surface area (Å²) < 4.78 is 11.7. The Balaban J connectivity index is 1.81. The fraction of sp³-hybridized carbons (Fsp3) is 0.480. The second-order valence-corrected chi connectivity index (χ2v) is 8.19. The highest BCUT2D eigenvalue weighted by Gasteiger charge is 2.22. The van der Waals surface area contributed by atoms with Crippen molar-refractivity contribution in [1.82, 2.24) is 0 Å². The van der Waals surface area contributed by atoms with Gasteiger partial charge < -0.3 is 14.4 Å². The average Bonchev–Trinajstić information content (AvgIpc) is 2.74. The summed E-state index contributed by atoms with van der Waals surface area (Å²) in [4.78, 5) is 2.44. The van der Waals surface area contributed by atoms with Gasteiger partial charge in [-0.2, -0.15) is 5.26 Å². The molecule has 0 aromatic heterocycles. The second kappa shape index (κ2) is 9.80. The number of anilines is 1. The molecule has 154 valence electrons. The van der Waals surface area contributed by atoms with E-state index in [0.29, 0.717) is 24.5 Å². The summed E-state index contributed by atoms with van der Waals surface area (Å²) in [5.74, 6) is 0.631. The minimum atomic E-state index is -0.405. The van der Waals surface area contributed by atoms with Crippen LogP contribution in [-0.2, 0) is 4.74 Å². The lowest BCUT2D eigenvalue weighted by molar-refractivity contribution is 0.0504. The van der Waals surface area contributed by atoms with Crippen molar-refractivity contribution in [3.05, 3.63) is 48.0 Å². The molecular formula is C25H32N2O2. The molecule has 1 saturated heterocycles. The van der Waals surface area contributed by atoms with Crippen molar-refractivity contribution in [2.75, 3.05) is 31.2 Å². The zero-order chi connectivity index (χ0) is 20.7. The maximum absolute atomic E-state index is 9.87. The lowest BCUT2D eigenvalue weighted by atomic mass is 9.98. The second-order valence-electron chi connectivity index (χ2n) is 8.19.